The Hall–Kier alpha value is -1.81. The molecule has 2 rings (SSSR count). The van der Waals surface area contributed by atoms with E-state index >= 15 is 0 Å². The molecule has 3 nitrogen and oxygen atoms in total. The first-order valence-corrected chi connectivity index (χ1v) is 7.68. The molecule has 2 aromatic rings. The van der Waals surface area contributed by atoms with Crippen molar-refractivity contribution in [3.05, 3.63) is 58.6 Å². The van der Waals surface area contributed by atoms with Gasteiger partial charge in [-0.2, -0.15) is 0 Å². The second-order valence-corrected chi connectivity index (χ2v) is 5.65. The Morgan fingerprint density at radius 1 is 1.24 bits per heavy atom. The summed E-state index contributed by atoms with van der Waals surface area (Å²) in [4.78, 5) is 12.3. The number of para-hydroxylation sites is 1. The molecule has 110 valence electrons. The third-order valence-electron chi connectivity index (χ3n) is 3.07. The first kappa shape index (κ1) is 15.6. The summed E-state index contributed by atoms with van der Waals surface area (Å²) in [5, 5.41) is 2.90. The largest absolute Gasteiger partial charge is 0.481 e. The van der Waals surface area contributed by atoms with Crippen LogP contribution >= 0.6 is 15.9 Å². The molecule has 0 unspecified atom stereocenters. The lowest BCUT2D eigenvalue weighted by Crippen LogP contribution is -2.32. The molecule has 0 aromatic heterocycles. The summed E-state index contributed by atoms with van der Waals surface area (Å²) >= 11 is 3.46. The van der Waals surface area contributed by atoms with E-state index in [-0.39, 0.29) is 5.91 Å². The van der Waals surface area contributed by atoms with Gasteiger partial charge in [-0.3, -0.25) is 4.79 Å². The number of nitrogens with one attached hydrogen (secondary N) is 1. The lowest BCUT2D eigenvalue weighted by Gasteiger charge is -2.18. The average molecular weight is 348 g/mol. The van der Waals surface area contributed by atoms with Crippen LogP contribution in [0.15, 0.2) is 53.0 Å². The maximum Gasteiger partial charge on any atom is 0.265 e. The zero-order valence-corrected chi connectivity index (χ0v) is 13.7. The third-order valence-corrected chi connectivity index (χ3v) is 3.72. The molecule has 0 radical (unpaired) electrons. The van der Waals surface area contributed by atoms with Crippen molar-refractivity contribution in [2.24, 2.45) is 0 Å². The van der Waals surface area contributed by atoms with Gasteiger partial charge < -0.3 is 10.1 Å². The van der Waals surface area contributed by atoms with Gasteiger partial charge in [0, 0.05) is 4.47 Å². The Kier molecular flexibility index (Phi) is 5.39. The van der Waals surface area contributed by atoms with Crippen LogP contribution in [-0.2, 0) is 4.79 Å². The van der Waals surface area contributed by atoms with Crippen LogP contribution in [0.25, 0.3) is 0 Å². The molecule has 0 aliphatic heterocycles. The van der Waals surface area contributed by atoms with E-state index in [1.807, 2.05) is 62.4 Å². The number of aryl methyl sites for hydroxylation is 1. The molecule has 0 fully saturated rings. The maximum absolute atomic E-state index is 12.3. The van der Waals surface area contributed by atoms with Gasteiger partial charge in [-0.05, 0) is 59.1 Å². The fourth-order valence-electron chi connectivity index (χ4n) is 1.92. The van der Waals surface area contributed by atoms with Crippen molar-refractivity contribution in [1.29, 1.82) is 0 Å². The molecule has 0 heterocycles. The van der Waals surface area contributed by atoms with Crippen LogP contribution in [0.3, 0.4) is 0 Å². The molecule has 1 N–H and O–H groups in total. The Morgan fingerprint density at radius 3 is 2.57 bits per heavy atom. The summed E-state index contributed by atoms with van der Waals surface area (Å²) in [5.74, 6) is 0.549. The van der Waals surface area contributed by atoms with E-state index in [2.05, 4.69) is 21.2 Å². The van der Waals surface area contributed by atoms with E-state index in [1.54, 1.807) is 0 Å². The van der Waals surface area contributed by atoms with Crippen molar-refractivity contribution in [2.75, 3.05) is 5.32 Å². The minimum absolute atomic E-state index is 0.147. The van der Waals surface area contributed by atoms with Crippen molar-refractivity contribution < 1.29 is 9.53 Å². The average Bonchev–Trinajstić information content (AvgIpc) is 2.48. The number of carbonyl (C=O) groups excluding carboxylic acids is 1. The van der Waals surface area contributed by atoms with Crippen molar-refractivity contribution in [3.8, 4) is 5.75 Å². The molecule has 1 amide bonds. The Bertz CT molecular complexity index is 613. The number of carbonyl (C=O) groups is 1. The summed E-state index contributed by atoms with van der Waals surface area (Å²) in [7, 11) is 0. The van der Waals surface area contributed by atoms with Gasteiger partial charge in [0.2, 0.25) is 0 Å². The lowest BCUT2D eigenvalue weighted by molar-refractivity contribution is -0.122. The van der Waals surface area contributed by atoms with Crippen LogP contribution in [-0.4, -0.2) is 12.0 Å². The van der Waals surface area contributed by atoms with Gasteiger partial charge in [0.15, 0.2) is 6.10 Å². The van der Waals surface area contributed by atoms with E-state index in [9.17, 15) is 4.79 Å². The standard InChI is InChI=1S/C17H18BrNO2/c1-3-16(21-13-7-5-4-6-8-13)17(20)19-15-10-9-12(2)11-14(15)18/h4-11,16H,3H2,1-2H3,(H,19,20)/t16-/m1/s1. The van der Waals surface area contributed by atoms with Crippen LogP contribution in [0.2, 0.25) is 0 Å². The molecule has 1 atom stereocenters. The topological polar surface area (TPSA) is 38.3 Å². The third kappa shape index (κ3) is 4.33. The van der Waals surface area contributed by atoms with Crippen molar-refractivity contribution in [1.82, 2.24) is 0 Å². The van der Waals surface area contributed by atoms with Gasteiger partial charge in [-0.1, -0.05) is 31.2 Å². The Balaban J connectivity index is 2.06. The predicted molar refractivity (Wildman–Crippen MR) is 88.7 cm³/mol. The number of ether oxygens (including phenoxy) is 1. The highest BCUT2D eigenvalue weighted by atomic mass is 79.9. The SMILES string of the molecule is CC[C@@H](Oc1ccccc1)C(=O)Nc1ccc(C)cc1Br. The van der Waals surface area contributed by atoms with E-state index in [4.69, 9.17) is 4.74 Å². The quantitative estimate of drug-likeness (QED) is 0.861. The number of amides is 1. The summed E-state index contributed by atoms with van der Waals surface area (Å²) < 4.78 is 6.60. The van der Waals surface area contributed by atoms with E-state index in [0.29, 0.717) is 12.2 Å². The number of hydrogen-bond donors (Lipinski definition) is 1. The van der Waals surface area contributed by atoms with Gasteiger partial charge >= 0.3 is 0 Å². The molecule has 4 heteroatoms. The molecule has 0 aliphatic rings. The number of benzene rings is 2. The molecule has 0 saturated heterocycles. The summed E-state index contributed by atoms with van der Waals surface area (Å²) in [5.41, 5.74) is 1.88. The summed E-state index contributed by atoms with van der Waals surface area (Å²) in [6, 6.07) is 15.2. The van der Waals surface area contributed by atoms with Crippen LogP contribution in [0, 0.1) is 6.92 Å². The first-order valence-electron chi connectivity index (χ1n) is 6.89. The van der Waals surface area contributed by atoms with E-state index in [1.165, 1.54) is 0 Å². The number of hydrogen-bond acceptors (Lipinski definition) is 2. The second-order valence-electron chi connectivity index (χ2n) is 4.80. The van der Waals surface area contributed by atoms with Crippen LogP contribution in [0.5, 0.6) is 5.75 Å². The van der Waals surface area contributed by atoms with Crippen molar-refractivity contribution in [3.63, 3.8) is 0 Å². The summed E-state index contributed by atoms with van der Waals surface area (Å²) in [6.45, 7) is 3.93. The van der Waals surface area contributed by atoms with Crippen LogP contribution in [0.1, 0.15) is 18.9 Å². The number of halogens is 1. The predicted octanol–water partition coefficient (Wildman–Crippen LogP) is 4.55. The molecular formula is C17H18BrNO2. The fourth-order valence-corrected chi connectivity index (χ4v) is 2.51. The lowest BCUT2D eigenvalue weighted by atomic mass is 10.2. The van der Waals surface area contributed by atoms with Crippen molar-refractivity contribution >= 4 is 27.5 Å². The number of rotatable bonds is 5. The zero-order chi connectivity index (χ0) is 15.2. The van der Waals surface area contributed by atoms with E-state index < -0.39 is 6.10 Å². The Morgan fingerprint density at radius 2 is 1.95 bits per heavy atom. The van der Waals surface area contributed by atoms with Crippen molar-refractivity contribution in [2.45, 2.75) is 26.4 Å². The maximum atomic E-state index is 12.3. The molecule has 0 aliphatic carbocycles. The minimum atomic E-state index is -0.513. The van der Waals surface area contributed by atoms with Gasteiger partial charge in [0.1, 0.15) is 5.75 Å². The monoisotopic (exact) mass is 347 g/mol. The normalized spacial score (nSPS) is 11.8. The highest BCUT2D eigenvalue weighted by molar-refractivity contribution is 9.10. The fraction of sp³-hybridized carbons (Fsp3) is 0.235. The molecule has 21 heavy (non-hydrogen) atoms. The Labute approximate surface area is 133 Å². The zero-order valence-electron chi connectivity index (χ0n) is 12.1. The van der Waals surface area contributed by atoms with Crippen LogP contribution < -0.4 is 10.1 Å². The van der Waals surface area contributed by atoms with Gasteiger partial charge in [0.25, 0.3) is 5.91 Å². The molecular weight excluding hydrogens is 330 g/mol. The van der Waals surface area contributed by atoms with Gasteiger partial charge in [-0.25, -0.2) is 0 Å². The minimum Gasteiger partial charge on any atom is -0.481 e. The molecule has 0 spiro atoms. The first-order chi connectivity index (χ1) is 10.1. The second kappa shape index (κ2) is 7.27. The summed E-state index contributed by atoms with van der Waals surface area (Å²) in [6.07, 6.45) is 0.0881. The highest BCUT2D eigenvalue weighted by Crippen LogP contribution is 2.24. The molecule has 0 bridgehead atoms. The van der Waals surface area contributed by atoms with E-state index in [0.717, 1.165) is 15.7 Å². The smallest absolute Gasteiger partial charge is 0.265 e. The molecule has 0 saturated carbocycles. The number of anilines is 1. The molecule has 2 aromatic carbocycles. The van der Waals surface area contributed by atoms with Gasteiger partial charge in [-0.15, -0.1) is 0 Å². The highest BCUT2D eigenvalue weighted by Gasteiger charge is 2.19. The van der Waals surface area contributed by atoms with Crippen LogP contribution in [0.4, 0.5) is 5.69 Å². The van der Waals surface area contributed by atoms with Gasteiger partial charge in [0.05, 0.1) is 5.69 Å².